The third kappa shape index (κ3) is 4.75. The maximum absolute atomic E-state index is 14.2. The number of hydrogen-bond donors (Lipinski definition) is 0. The zero-order chi connectivity index (χ0) is 20.2. The van der Waals surface area contributed by atoms with E-state index in [1.165, 1.54) is 6.07 Å². The molecule has 2 atom stereocenters. The lowest BCUT2D eigenvalue weighted by Gasteiger charge is -2.40. The van der Waals surface area contributed by atoms with Crippen molar-refractivity contribution in [3.63, 3.8) is 0 Å². The summed E-state index contributed by atoms with van der Waals surface area (Å²) in [5.74, 6) is 1.30. The lowest BCUT2D eigenvalue weighted by molar-refractivity contribution is 0.0884. The van der Waals surface area contributed by atoms with E-state index in [2.05, 4.69) is 39.2 Å². The van der Waals surface area contributed by atoms with Crippen LogP contribution in [-0.4, -0.2) is 64.0 Å². The van der Waals surface area contributed by atoms with Crippen molar-refractivity contribution in [2.24, 2.45) is 5.92 Å². The molecule has 0 radical (unpaired) electrons. The Morgan fingerprint density at radius 3 is 2.66 bits per heavy atom. The molecule has 29 heavy (non-hydrogen) atoms. The van der Waals surface area contributed by atoms with E-state index < -0.39 is 0 Å². The molecule has 2 fully saturated rings. The fraction of sp³-hybridized carbons (Fsp3) is 0.667. The molecule has 0 aliphatic carbocycles. The van der Waals surface area contributed by atoms with E-state index in [1.807, 2.05) is 16.8 Å². The van der Waals surface area contributed by atoms with E-state index in [4.69, 9.17) is 4.74 Å². The van der Waals surface area contributed by atoms with Crippen LogP contribution in [0.2, 0.25) is 0 Å². The van der Waals surface area contributed by atoms with E-state index >= 15 is 0 Å². The summed E-state index contributed by atoms with van der Waals surface area (Å²) in [5.41, 5.74) is 0.691. The van der Waals surface area contributed by atoms with Gasteiger partial charge in [0, 0.05) is 32.8 Å². The van der Waals surface area contributed by atoms with Crippen LogP contribution >= 0.6 is 0 Å². The minimum atomic E-state index is -0.153. The van der Waals surface area contributed by atoms with Gasteiger partial charge < -0.3 is 9.64 Å². The lowest BCUT2D eigenvalue weighted by atomic mass is 10.0. The number of tetrazole rings is 1. The number of para-hydroxylation sites is 1. The number of rotatable bonds is 7. The second kappa shape index (κ2) is 9.17. The van der Waals surface area contributed by atoms with E-state index in [9.17, 15) is 4.39 Å². The number of ether oxygens (including phenoxy) is 1. The Kier molecular flexibility index (Phi) is 6.40. The molecule has 3 heterocycles. The summed E-state index contributed by atoms with van der Waals surface area (Å²) in [5, 5.41) is 12.7. The molecule has 0 unspecified atom stereocenters. The van der Waals surface area contributed by atoms with Crippen LogP contribution < -0.4 is 4.90 Å². The number of aromatic nitrogens is 4. The van der Waals surface area contributed by atoms with E-state index in [0.29, 0.717) is 18.2 Å². The average Bonchev–Trinajstić information content (AvgIpc) is 3.39. The molecule has 0 saturated carbocycles. The predicted octanol–water partition coefficient (Wildman–Crippen LogP) is 2.90. The van der Waals surface area contributed by atoms with Crippen LogP contribution in [0.3, 0.4) is 0 Å². The van der Waals surface area contributed by atoms with Crippen LogP contribution in [0, 0.1) is 11.7 Å². The summed E-state index contributed by atoms with van der Waals surface area (Å²) < 4.78 is 21.9. The first-order valence-corrected chi connectivity index (χ1v) is 10.7. The van der Waals surface area contributed by atoms with Gasteiger partial charge in [0.25, 0.3) is 0 Å². The lowest BCUT2D eigenvalue weighted by Crippen LogP contribution is -2.48. The first-order chi connectivity index (χ1) is 14.1. The molecule has 0 amide bonds. The normalized spacial score (nSPS) is 21.8. The molecule has 1 aromatic carbocycles. The summed E-state index contributed by atoms with van der Waals surface area (Å²) in [7, 11) is 0. The van der Waals surface area contributed by atoms with Crippen LogP contribution in [-0.2, 0) is 11.3 Å². The van der Waals surface area contributed by atoms with E-state index in [-0.39, 0.29) is 18.0 Å². The number of halogens is 1. The third-order valence-corrected chi connectivity index (χ3v) is 5.90. The highest BCUT2D eigenvalue weighted by atomic mass is 19.1. The molecule has 8 heteroatoms. The minimum Gasteiger partial charge on any atom is -0.376 e. The van der Waals surface area contributed by atoms with Gasteiger partial charge in [-0.25, -0.2) is 9.07 Å². The Labute approximate surface area is 171 Å². The number of nitrogens with zero attached hydrogens (tertiary/aromatic N) is 6. The summed E-state index contributed by atoms with van der Waals surface area (Å²) in [6.07, 6.45) is 3.37. The van der Waals surface area contributed by atoms with Crippen LogP contribution in [0.5, 0.6) is 0 Å². The second-order valence-corrected chi connectivity index (χ2v) is 8.47. The summed E-state index contributed by atoms with van der Waals surface area (Å²) in [6, 6.07) is 7.18. The first kappa shape index (κ1) is 20.2. The molecule has 2 aromatic rings. The second-order valence-electron chi connectivity index (χ2n) is 8.47. The largest absolute Gasteiger partial charge is 0.376 e. The van der Waals surface area contributed by atoms with Gasteiger partial charge in [0.1, 0.15) is 5.82 Å². The molecule has 2 aliphatic rings. The summed E-state index contributed by atoms with van der Waals surface area (Å²) in [6.45, 7) is 9.32. The molecule has 158 valence electrons. The maximum atomic E-state index is 14.2. The molecule has 2 saturated heterocycles. The molecular formula is C21H31FN6O. The van der Waals surface area contributed by atoms with Crippen LogP contribution in [0.15, 0.2) is 24.3 Å². The van der Waals surface area contributed by atoms with E-state index in [0.717, 1.165) is 57.9 Å². The number of hydrogen-bond acceptors (Lipinski definition) is 6. The van der Waals surface area contributed by atoms with Crippen molar-refractivity contribution in [2.45, 2.75) is 51.8 Å². The third-order valence-electron chi connectivity index (χ3n) is 5.90. The van der Waals surface area contributed by atoms with Gasteiger partial charge in [-0.15, -0.1) is 5.10 Å². The van der Waals surface area contributed by atoms with Crippen molar-refractivity contribution >= 4 is 5.69 Å². The summed E-state index contributed by atoms with van der Waals surface area (Å²) in [4.78, 5) is 4.59. The van der Waals surface area contributed by atoms with Crippen LogP contribution in [0.4, 0.5) is 10.1 Å². The molecule has 0 spiro atoms. The molecule has 2 aliphatic heterocycles. The Hall–Kier alpha value is -2.06. The number of anilines is 1. The minimum absolute atomic E-state index is 0.153. The quantitative estimate of drug-likeness (QED) is 0.710. The summed E-state index contributed by atoms with van der Waals surface area (Å²) >= 11 is 0. The van der Waals surface area contributed by atoms with Gasteiger partial charge in [0.2, 0.25) is 0 Å². The standard InChI is InChI=1S/C21H31FN6O/c1-16(2)14-20(21-23-24-25-28(21)15-17-6-5-13-29-17)27-11-9-26(10-12-27)19-8-4-3-7-18(19)22/h3-4,7-8,16-17,20H,5-6,9-15H2,1-2H3/t17-,20-/m0/s1. The highest BCUT2D eigenvalue weighted by Crippen LogP contribution is 2.29. The fourth-order valence-corrected chi connectivity index (χ4v) is 4.41. The van der Waals surface area contributed by atoms with Crippen molar-refractivity contribution in [1.29, 1.82) is 0 Å². The van der Waals surface area contributed by atoms with Crippen LogP contribution in [0.25, 0.3) is 0 Å². The number of benzene rings is 1. The zero-order valence-corrected chi connectivity index (χ0v) is 17.4. The SMILES string of the molecule is CC(C)C[C@@H](c1nnnn1C[C@@H]1CCCO1)N1CCN(c2ccccc2F)CC1. The molecule has 1 aromatic heterocycles. The Bertz CT molecular complexity index is 783. The van der Waals surface area contributed by atoms with Crippen molar-refractivity contribution in [1.82, 2.24) is 25.1 Å². The predicted molar refractivity (Wildman–Crippen MR) is 109 cm³/mol. The Balaban J connectivity index is 1.47. The van der Waals surface area contributed by atoms with E-state index in [1.54, 1.807) is 6.07 Å². The Morgan fingerprint density at radius 1 is 1.17 bits per heavy atom. The van der Waals surface area contributed by atoms with Gasteiger partial charge in [-0.05, 0) is 47.7 Å². The van der Waals surface area contributed by atoms with Gasteiger partial charge in [-0.2, -0.15) is 0 Å². The zero-order valence-electron chi connectivity index (χ0n) is 17.4. The topological polar surface area (TPSA) is 59.3 Å². The highest BCUT2D eigenvalue weighted by molar-refractivity contribution is 5.48. The van der Waals surface area contributed by atoms with Gasteiger partial charge in [-0.1, -0.05) is 26.0 Å². The smallest absolute Gasteiger partial charge is 0.168 e. The fourth-order valence-electron chi connectivity index (χ4n) is 4.41. The molecule has 4 rings (SSSR count). The monoisotopic (exact) mass is 402 g/mol. The molecular weight excluding hydrogens is 371 g/mol. The van der Waals surface area contributed by atoms with Gasteiger partial charge >= 0.3 is 0 Å². The van der Waals surface area contributed by atoms with Crippen LogP contribution in [0.1, 0.15) is 45.0 Å². The molecule has 0 bridgehead atoms. The first-order valence-electron chi connectivity index (χ1n) is 10.7. The van der Waals surface area contributed by atoms with Gasteiger partial charge in [0.05, 0.1) is 24.4 Å². The van der Waals surface area contributed by atoms with Crippen molar-refractivity contribution in [2.75, 3.05) is 37.7 Å². The Morgan fingerprint density at radius 2 is 1.97 bits per heavy atom. The van der Waals surface area contributed by atoms with Crippen molar-refractivity contribution in [3.05, 3.63) is 35.9 Å². The average molecular weight is 403 g/mol. The van der Waals surface area contributed by atoms with Gasteiger partial charge in [0.15, 0.2) is 5.82 Å². The molecule has 7 nitrogen and oxygen atoms in total. The van der Waals surface area contributed by atoms with Crippen molar-refractivity contribution in [3.8, 4) is 0 Å². The number of piperazine rings is 1. The molecule has 0 N–H and O–H groups in total. The highest BCUT2D eigenvalue weighted by Gasteiger charge is 2.31. The van der Waals surface area contributed by atoms with Gasteiger partial charge in [-0.3, -0.25) is 4.90 Å². The maximum Gasteiger partial charge on any atom is 0.168 e. The van der Waals surface area contributed by atoms with Crippen molar-refractivity contribution < 1.29 is 9.13 Å².